The largest absolute Gasteiger partial charge is 0.337 e. The van der Waals surface area contributed by atoms with E-state index in [1.54, 1.807) is 28.1 Å². The summed E-state index contributed by atoms with van der Waals surface area (Å²) in [5, 5.41) is 4.48. The fourth-order valence-corrected chi connectivity index (χ4v) is 4.10. The van der Waals surface area contributed by atoms with Gasteiger partial charge in [0, 0.05) is 26.2 Å². The minimum atomic E-state index is -0.522. The lowest BCUT2D eigenvalue weighted by atomic mass is 10.1. The van der Waals surface area contributed by atoms with E-state index in [2.05, 4.69) is 5.10 Å². The number of halogens is 1. The van der Waals surface area contributed by atoms with Crippen LogP contribution in [0.1, 0.15) is 45.3 Å². The SMILES string of the molecule is CCc1c(C(=O)N2CCCN(C(=O)c3ccccc3F)CC2)cnn1-c1ccc(C)cc1. The Morgan fingerprint density at radius 2 is 1.53 bits per heavy atom. The normalized spacial score (nSPS) is 14.3. The third-order valence-electron chi connectivity index (χ3n) is 5.89. The van der Waals surface area contributed by atoms with Crippen molar-refractivity contribution in [2.75, 3.05) is 26.2 Å². The lowest BCUT2D eigenvalue weighted by molar-refractivity contribution is 0.0715. The molecule has 32 heavy (non-hydrogen) atoms. The molecule has 3 aromatic rings. The number of benzene rings is 2. The van der Waals surface area contributed by atoms with Crippen LogP contribution < -0.4 is 0 Å². The summed E-state index contributed by atoms with van der Waals surface area (Å²) in [6, 6.07) is 14.0. The molecule has 0 N–H and O–H groups in total. The van der Waals surface area contributed by atoms with Crippen LogP contribution in [-0.2, 0) is 6.42 Å². The molecule has 7 heteroatoms. The molecule has 1 aromatic heterocycles. The van der Waals surface area contributed by atoms with Crippen LogP contribution in [-0.4, -0.2) is 57.6 Å². The molecule has 1 saturated heterocycles. The zero-order valence-corrected chi connectivity index (χ0v) is 18.4. The van der Waals surface area contributed by atoms with Crippen molar-refractivity contribution in [3.05, 3.63) is 82.9 Å². The van der Waals surface area contributed by atoms with Crippen molar-refractivity contribution in [2.24, 2.45) is 0 Å². The fourth-order valence-electron chi connectivity index (χ4n) is 4.10. The van der Waals surface area contributed by atoms with Gasteiger partial charge in [-0.05, 0) is 44.0 Å². The second kappa shape index (κ2) is 9.34. The number of aryl methyl sites for hydroxylation is 1. The Morgan fingerprint density at radius 1 is 0.906 bits per heavy atom. The third kappa shape index (κ3) is 4.28. The van der Waals surface area contributed by atoms with E-state index in [0.717, 1.165) is 16.9 Å². The summed E-state index contributed by atoms with van der Waals surface area (Å²) in [5.41, 5.74) is 3.60. The van der Waals surface area contributed by atoms with Crippen LogP contribution >= 0.6 is 0 Å². The molecule has 2 heterocycles. The van der Waals surface area contributed by atoms with E-state index in [1.165, 1.54) is 12.1 Å². The molecule has 0 atom stereocenters. The summed E-state index contributed by atoms with van der Waals surface area (Å²) < 4.78 is 15.9. The highest BCUT2D eigenvalue weighted by Gasteiger charge is 2.27. The number of rotatable bonds is 4. The van der Waals surface area contributed by atoms with Crippen LogP contribution in [0.2, 0.25) is 0 Å². The molecule has 166 valence electrons. The van der Waals surface area contributed by atoms with Crippen LogP contribution in [0.4, 0.5) is 4.39 Å². The summed E-state index contributed by atoms with van der Waals surface area (Å²) in [4.78, 5) is 29.5. The molecule has 0 radical (unpaired) electrons. The van der Waals surface area contributed by atoms with Crippen LogP contribution in [0.3, 0.4) is 0 Å². The first-order chi connectivity index (χ1) is 15.5. The zero-order valence-electron chi connectivity index (χ0n) is 18.4. The summed E-state index contributed by atoms with van der Waals surface area (Å²) in [6.45, 7) is 5.83. The van der Waals surface area contributed by atoms with Crippen molar-refractivity contribution in [1.82, 2.24) is 19.6 Å². The molecule has 0 unspecified atom stereocenters. The van der Waals surface area contributed by atoms with Gasteiger partial charge in [-0.15, -0.1) is 0 Å². The summed E-state index contributed by atoms with van der Waals surface area (Å²) >= 11 is 0. The standard InChI is InChI=1S/C25H27FN4O2/c1-3-23-21(17-27-30(23)19-11-9-18(2)10-12-19)25(32)29-14-6-13-28(15-16-29)24(31)20-7-4-5-8-22(20)26/h4-5,7-12,17H,3,6,13-16H2,1-2H3. The molecule has 2 aromatic carbocycles. The number of nitrogens with zero attached hydrogens (tertiary/aromatic N) is 4. The minimum absolute atomic E-state index is 0.0694. The maximum Gasteiger partial charge on any atom is 0.257 e. The number of amides is 2. The van der Waals surface area contributed by atoms with Gasteiger partial charge in [-0.3, -0.25) is 9.59 Å². The topological polar surface area (TPSA) is 58.4 Å². The summed E-state index contributed by atoms with van der Waals surface area (Å²) in [6.07, 6.45) is 2.94. The second-order valence-corrected chi connectivity index (χ2v) is 8.02. The predicted octanol–water partition coefficient (Wildman–Crippen LogP) is 3.87. The Hall–Kier alpha value is -3.48. The van der Waals surface area contributed by atoms with Gasteiger partial charge in [-0.25, -0.2) is 9.07 Å². The van der Waals surface area contributed by atoms with Crippen molar-refractivity contribution in [3.63, 3.8) is 0 Å². The van der Waals surface area contributed by atoms with Crippen LogP contribution in [0, 0.1) is 12.7 Å². The molecule has 1 fully saturated rings. The molecule has 2 amide bonds. The van der Waals surface area contributed by atoms with Crippen LogP contribution in [0.5, 0.6) is 0 Å². The van der Waals surface area contributed by atoms with E-state index >= 15 is 0 Å². The maximum atomic E-state index is 14.0. The van der Waals surface area contributed by atoms with Crippen molar-refractivity contribution < 1.29 is 14.0 Å². The Kier molecular flexibility index (Phi) is 6.35. The van der Waals surface area contributed by atoms with E-state index in [0.29, 0.717) is 44.6 Å². The van der Waals surface area contributed by atoms with Crippen molar-refractivity contribution in [3.8, 4) is 5.69 Å². The van der Waals surface area contributed by atoms with Crippen molar-refractivity contribution in [2.45, 2.75) is 26.7 Å². The summed E-state index contributed by atoms with van der Waals surface area (Å²) in [7, 11) is 0. The molecule has 0 aliphatic carbocycles. The zero-order chi connectivity index (χ0) is 22.7. The molecule has 1 aliphatic heterocycles. The molecule has 0 saturated carbocycles. The van der Waals surface area contributed by atoms with Gasteiger partial charge in [0.15, 0.2) is 0 Å². The van der Waals surface area contributed by atoms with Gasteiger partial charge < -0.3 is 9.80 Å². The first-order valence-corrected chi connectivity index (χ1v) is 11.0. The third-order valence-corrected chi connectivity index (χ3v) is 5.89. The summed E-state index contributed by atoms with van der Waals surface area (Å²) in [5.74, 6) is -0.940. The van der Waals surface area contributed by atoms with E-state index < -0.39 is 5.82 Å². The van der Waals surface area contributed by atoms with Crippen LogP contribution in [0.25, 0.3) is 5.69 Å². The highest BCUT2D eigenvalue weighted by atomic mass is 19.1. The van der Waals surface area contributed by atoms with Gasteiger partial charge in [0.05, 0.1) is 28.7 Å². The molecular formula is C25H27FN4O2. The van der Waals surface area contributed by atoms with E-state index in [9.17, 15) is 14.0 Å². The van der Waals surface area contributed by atoms with E-state index in [1.807, 2.05) is 42.8 Å². The lowest BCUT2D eigenvalue weighted by Crippen LogP contribution is -2.37. The number of aromatic nitrogens is 2. The molecule has 0 bridgehead atoms. The van der Waals surface area contributed by atoms with Gasteiger partial charge >= 0.3 is 0 Å². The number of hydrogen-bond donors (Lipinski definition) is 0. The monoisotopic (exact) mass is 434 g/mol. The smallest absolute Gasteiger partial charge is 0.257 e. The molecule has 6 nitrogen and oxygen atoms in total. The Balaban J connectivity index is 1.50. The van der Waals surface area contributed by atoms with Gasteiger partial charge in [0.1, 0.15) is 5.82 Å². The first kappa shape index (κ1) is 21.7. The lowest BCUT2D eigenvalue weighted by Gasteiger charge is -2.22. The van der Waals surface area contributed by atoms with Gasteiger partial charge in [0.2, 0.25) is 0 Å². The molecule has 4 rings (SSSR count). The fraction of sp³-hybridized carbons (Fsp3) is 0.320. The minimum Gasteiger partial charge on any atom is -0.337 e. The van der Waals surface area contributed by atoms with E-state index in [-0.39, 0.29) is 17.4 Å². The van der Waals surface area contributed by atoms with E-state index in [4.69, 9.17) is 0 Å². The molecule has 1 aliphatic rings. The molecule has 0 spiro atoms. The average Bonchev–Trinajstić information content (AvgIpc) is 3.08. The Bertz CT molecular complexity index is 1120. The van der Waals surface area contributed by atoms with Gasteiger partial charge in [-0.1, -0.05) is 36.8 Å². The van der Waals surface area contributed by atoms with Crippen LogP contribution in [0.15, 0.2) is 54.7 Å². The van der Waals surface area contributed by atoms with Gasteiger partial charge in [-0.2, -0.15) is 5.10 Å². The quantitative estimate of drug-likeness (QED) is 0.626. The Labute approximate surface area is 187 Å². The maximum absolute atomic E-state index is 14.0. The van der Waals surface area contributed by atoms with Gasteiger partial charge in [0.25, 0.3) is 11.8 Å². The first-order valence-electron chi connectivity index (χ1n) is 11.0. The Morgan fingerprint density at radius 3 is 2.16 bits per heavy atom. The highest BCUT2D eigenvalue weighted by Crippen LogP contribution is 2.20. The van der Waals surface area contributed by atoms with Crippen molar-refractivity contribution in [1.29, 1.82) is 0 Å². The second-order valence-electron chi connectivity index (χ2n) is 8.02. The molecular weight excluding hydrogens is 407 g/mol. The predicted molar refractivity (Wildman–Crippen MR) is 121 cm³/mol. The average molecular weight is 435 g/mol. The van der Waals surface area contributed by atoms with Crippen molar-refractivity contribution >= 4 is 11.8 Å². The number of carbonyl (C=O) groups is 2. The number of carbonyl (C=O) groups excluding carboxylic acids is 2. The number of hydrogen-bond acceptors (Lipinski definition) is 3. The highest BCUT2D eigenvalue weighted by molar-refractivity contribution is 5.96.